The van der Waals surface area contributed by atoms with Gasteiger partial charge in [-0.05, 0) is 72.0 Å². The second-order valence-corrected chi connectivity index (χ2v) is 12.4. The Morgan fingerprint density at radius 3 is 1.89 bits per heavy atom. The summed E-state index contributed by atoms with van der Waals surface area (Å²) in [5, 5.41) is 7.15. The molecule has 0 saturated carbocycles. The molecule has 2 aromatic heterocycles. The van der Waals surface area contributed by atoms with Gasteiger partial charge >= 0.3 is 0 Å². The van der Waals surface area contributed by atoms with Crippen LogP contribution >= 0.6 is 70.1 Å². The van der Waals surface area contributed by atoms with Gasteiger partial charge in [0.05, 0.1) is 11.5 Å². The summed E-state index contributed by atoms with van der Waals surface area (Å²) in [4.78, 5) is 33.2. The van der Waals surface area contributed by atoms with Gasteiger partial charge in [0.25, 0.3) is 0 Å². The third kappa shape index (κ3) is 8.90. The van der Waals surface area contributed by atoms with Crippen molar-refractivity contribution in [2.45, 2.75) is 19.0 Å². The van der Waals surface area contributed by atoms with E-state index in [0.29, 0.717) is 33.2 Å². The van der Waals surface area contributed by atoms with E-state index in [-0.39, 0.29) is 23.3 Å². The minimum atomic E-state index is -0.142. The van der Waals surface area contributed by atoms with Crippen molar-refractivity contribution in [1.29, 1.82) is 0 Å². The number of hydrogen-bond acceptors (Lipinski definition) is 13. The molecule has 4 aromatic rings. The summed E-state index contributed by atoms with van der Waals surface area (Å²) < 4.78 is 15.8. The van der Waals surface area contributed by atoms with E-state index in [2.05, 4.69) is 29.3 Å². The van der Waals surface area contributed by atoms with Crippen LogP contribution in [0.3, 0.4) is 0 Å². The van der Waals surface area contributed by atoms with Crippen LogP contribution in [0.5, 0.6) is 11.5 Å². The number of nitrogens with zero attached hydrogens (tertiary/aromatic N) is 4. The number of benzene rings is 2. The number of rotatable bonds is 12. The average Bonchev–Trinajstić information content (AvgIpc) is 3.57. The summed E-state index contributed by atoms with van der Waals surface area (Å²) in [7, 11) is 0. The molecule has 0 atom stereocenters. The molecule has 2 aromatic carbocycles. The Morgan fingerprint density at radius 2 is 1.35 bits per heavy atom. The van der Waals surface area contributed by atoms with Gasteiger partial charge in [-0.15, -0.1) is 0 Å². The topological polar surface area (TPSA) is 119 Å². The maximum atomic E-state index is 12.3. The van der Waals surface area contributed by atoms with Crippen molar-refractivity contribution in [2.75, 3.05) is 34.7 Å². The van der Waals surface area contributed by atoms with Crippen LogP contribution in [-0.4, -0.2) is 54.5 Å². The van der Waals surface area contributed by atoms with Crippen LogP contribution in [0, 0.1) is 0 Å². The second-order valence-electron chi connectivity index (χ2n) is 6.92. The molecule has 2 N–H and O–H groups in total. The zero-order valence-corrected chi connectivity index (χ0v) is 24.4. The van der Waals surface area contributed by atoms with Gasteiger partial charge in [-0.25, -0.2) is 9.97 Å². The first-order valence-electron chi connectivity index (χ1n) is 10.5. The van der Waals surface area contributed by atoms with Gasteiger partial charge in [0.15, 0.2) is 8.68 Å². The molecule has 0 aliphatic heterocycles. The number of thioether (sulfide) groups is 4. The zero-order chi connectivity index (χ0) is 26.0. The lowest BCUT2D eigenvalue weighted by molar-refractivity contribution is -0.114. The Morgan fingerprint density at radius 1 is 0.784 bits per heavy atom. The lowest BCUT2D eigenvalue weighted by Gasteiger charge is -2.10. The third-order valence-corrected chi connectivity index (χ3v) is 9.28. The molecule has 37 heavy (non-hydrogen) atoms. The van der Waals surface area contributed by atoms with E-state index in [1.165, 1.54) is 70.1 Å². The van der Waals surface area contributed by atoms with Crippen LogP contribution in [0.1, 0.15) is 0 Å². The lowest BCUT2D eigenvalue weighted by Crippen LogP contribution is -2.14. The highest BCUT2D eigenvalue weighted by Crippen LogP contribution is 2.27. The first-order chi connectivity index (χ1) is 18.0. The van der Waals surface area contributed by atoms with E-state index in [1.54, 1.807) is 48.5 Å². The molecule has 0 radical (unpaired) electrons. The lowest BCUT2D eigenvalue weighted by atomic mass is 10.2. The van der Waals surface area contributed by atoms with Crippen molar-refractivity contribution in [1.82, 2.24) is 18.7 Å². The van der Waals surface area contributed by atoms with Gasteiger partial charge in [-0.2, -0.15) is 8.75 Å². The van der Waals surface area contributed by atoms with E-state index in [9.17, 15) is 9.59 Å². The van der Waals surface area contributed by atoms with Gasteiger partial charge in [-0.3, -0.25) is 9.59 Å². The first-order valence-corrected chi connectivity index (χ1v) is 16.5. The number of amides is 2. The Hall–Kier alpha value is -2.30. The van der Waals surface area contributed by atoms with Gasteiger partial charge < -0.3 is 15.4 Å². The Kier molecular flexibility index (Phi) is 10.5. The van der Waals surface area contributed by atoms with Gasteiger partial charge in [-0.1, -0.05) is 53.1 Å². The summed E-state index contributed by atoms with van der Waals surface area (Å²) in [6.07, 6.45) is 3.83. The minimum Gasteiger partial charge on any atom is -0.457 e. The van der Waals surface area contributed by atoms with Gasteiger partial charge in [0, 0.05) is 17.4 Å². The number of ether oxygens (including phenoxy) is 1. The highest BCUT2D eigenvalue weighted by Gasteiger charge is 2.10. The van der Waals surface area contributed by atoms with Crippen LogP contribution in [0.4, 0.5) is 11.4 Å². The van der Waals surface area contributed by atoms with Crippen molar-refractivity contribution in [2.24, 2.45) is 0 Å². The van der Waals surface area contributed by atoms with E-state index in [1.807, 2.05) is 12.5 Å². The Bertz CT molecular complexity index is 1350. The summed E-state index contributed by atoms with van der Waals surface area (Å²) in [6.45, 7) is 0. The zero-order valence-electron chi connectivity index (χ0n) is 19.5. The maximum Gasteiger partial charge on any atom is 0.234 e. The third-order valence-electron chi connectivity index (χ3n) is 4.29. The normalized spacial score (nSPS) is 10.8. The number of anilines is 2. The molecule has 192 valence electrons. The van der Waals surface area contributed by atoms with Gasteiger partial charge in [0.2, 0.25) is 22.1 Å². The number of carbonyl (C=O) groups is 2. The molecular weight excluding hydrogens is 589 g/mol. The molecule has 0 saturated heterocycles. The van der Waals surface area contributed by atoms with Crippen LogP contribution < -0.4 is 15.4 Å². The Balaban J connectivity index is 1.24. The number of aromatic nitrogens is 4. The SMILES string of the molecule is CSc1nsc(SCC(=O)Nc2ccc(Oc3cccc(NC(=O)CSc4nc(SC)ns4)c3)cc2)n1. The average molecular weight is 609 g/mol. The van der Waals surface area contributed by atoms with Crippen LogP contribution in [0.25, 0.3) is 0 Å². The Labute approximate surface area is 238 Å². The van der Waals surface area contributed by atoms with Crippen LogP contribution in [0.2, 0.25) is 0 Å². The molecule has 0 aliphatic rings. The molecule has 0 fully saturated rings. The summed E-state index contributed by atoms with van der Waals surface area (Å²) in [5.41, 5.74) is 1.30. The minimum absolute atomic E-state index is 0.128. The van der Waals surface area contributed by atoms with E-state index < -0.39 is 0 Å². The molecule has 15 heteroatoms. The maximum absolute atomic E-state index is 12.3. The van der Waals surface area contributed by atoms with Crippen molar-refractivity contribution >= 4 is 93.3 Å². The quantitative estimate of drug-likeness (QED) is 0.182. The smallest absolute Gasteiger partial charge is 0.234 e. The summed E-state index contributed by atoms with van der Waals surface area (Å²) in [6, 6.07) is 14.2. The van der Waals surface area contributed by atoms with E-state index >= 15 is 0 Å². The first kappa shape index (κ1) is 27.7. The van der Waals surface area contributed by atoms with E-state index in [4.69, 9.17) is 4.74 Å². The highest BCUT2D eigenvalue weighted by atomic mass is 32.2. The standard InChI is InChI=1S/C22H20N6O3S6/c1-32-19-25-21(36-27-19)34-11-17(29)23-13-6-8-15(9-7-13)31-16-5-3-4-14(10-16)24-18(30)12-35-22-26-20(33-2)28-37-22/h3-10H,11-12H2,1-2H3,(H,23,29)(H,24,30). The summed E-state index contributed by atoms with van der Waals surface area (Å²) >= 11 is 8.22. The van der Waals surface area contributed by atoms with Crippen molar-refractivity contribution in [3.63, 3.8) is 0 Å². The number of carbonyl (C=O) groups excluding carboxylic acids is 2. The number of hydrogen-bond donors (Lipinski definition) is 2. The molecule has 4 rings (SSSR count). The molecule has 0 spiro atoms. The largest absolute Gasteiger partial charge is 0.457 e. The predicted molar refractivity (Wildman–Crippen MR) is 155 cm³/mol. The molecule has 9 nitrogen and oxygen atoms in total. The molecule has 0 unspecified atom stereocenters. The molecule has 2 amide bonds. The predicted octanol–water partition coefficient (Wildman–Crippen LogP) is 6.09. The number of nitrogens with one attached hydrogen (secondary N) is 2. The molecular formula is C22H20N6O3S6. The summed E-state index contributed by atoms with van der Waals surface area (Å²) in [5.74, 6) is 1.39. The van der Waals surface area contributed by atoms with Gasteiger partial charge in [0.1, 0.15) is 11.5 Å². The van der Waals surface area contributed by atoms with Crippen molar-refractivity contribution in [3.8, 4) is 11.5 Å². The molecule has 0 aliphatic carbocycles. The van der Waals surface area contributed by atoms with Crippen molar-refractivity contribution in [3.05, 3.63) is 48.5 Å². The van der Waals surface area contributed by atoms with Crippen LogP contribution in [0.15, 0.2) is 67.5 Å². The molecule has 0 bridgehead atoms. The molecule has 2 heterocycles. The van der Waals surface area contributed by atoms with Crippen molar-refractivity contribution < 1.29 is 14.3 Å². The monoisotopic (exact) mass is 608 g/mol. The highest BCUT2D eigenvalue weighted by molar-refractivity contribution is 8.02. The van der Waals surface area contributed by atoms with Crippen LogP contribution in [-0.2, 0) is 9.59 Å². The fourth-order valence-electron chi connectivity index (χ4n) is 2.71. The second kappa shape index (κ2) is 14.0. The van der Waals surface area contributed by atoms with E-state index in [0.717, 1.165) is 8.68 Å². The fourth-order valence-corrected chi connectivity index (χ4v) is 6.72. The fraction of sp³-hybridized carbons (Fsp3) is 0.182.